The lowest BCUT2D eigenvalue weighted by molar-refractivity contribution is -0.148. The van der Waals surface area contributed by atoms with E-state index in [4.69, 9.17) is 18.9 Å². The van der Waals surface area contributed by atoms with Crippen molar-refractivity contribution in [1.82, 2.24) is 15.5 Å². The number of ketones is 1. The van der Waals surface area contributed by atoms with Crippen LogP contribution in [0, 0.1) is 6.92 Å². The fourth-order valence-corrected chi connectivity index (χ4v) is 5.25. The van der Waals surface area contributed by atoms with Gasteiger partial charge >= 0.3 is 11.9 Å². The van der Waals surface area contributed by atoms with Crippen LogP contribution < -0.4 is 15.4 Å². The summed E-state index contributed by atoms with van der Waals surface area (Å²) in [5, 5.41) is 17.0. The predicted octanol–water partition coefficient (Wildman–Crippen LogP) is 0.495. The van der Waals surface area contributed by atoms with Crippen molar-refractivity contribution < 1.29 is 48.0 Å². The maximum absolute atomic E-state index is 13.8. The van der Waals surface area contributed by atoms with Gasteiger partial charge in [-0.2, -0.15) is 0 Å². The second kappa shape index (κ2) is 11.3. The quantitative estimate of drug-likeness (QED) is 0.198. The number of hydrogen-bond acceptors (Lipinski definition) is 11. The zero-order chi connectivity index (χ0) is 31.2. The Hall–Kier alpha value is -4.49. The van der Waals surface area contributed by atoms with E-state index < -0.39 is 53.7 Å². The first-order valence-corrected chi connectivity index (χ1v) is 13.7. The summed E-state index contributed by atoms with van der Waals surface area (Å²) in [4.78, 5) is 65.8. The number of epoxide rings is 1. The van der Waals surface area contributed by atoms with Crippen LogP contribution in [-0.2, 0) is 33.4 Å². The van der Waals surface area contributed by atoms with Gasteiger partial charge in [0.05, 0.1) is 37.6 Å². The summed E-state index contributed by atoms with van der Waals surface area (Å²) < 4.78 is 22.0. The number of aliphatic hydroxyl groups is 1. The van der Waals surface area contributed by atoms with Gasteiger partial charge in [-0.3, -0.25) is 19.2 Å². The molecular weight excluding hydrogens is 562 g/mol. The molecule has 3 N–H and O–H groups in total. The molecule has 3 fully saturated rings. The summed E-state index contributed by atoms with van der Waals surface area (Å²) in [6, 6.07) is 8.33. The number of ether oxygens (including phenoxy) is 4. The largest absolute Gasteiger partial charge is 0.497 e. The van der Waals surface area contributed by atoms with Crippen molar-refractivity contribution in [2.75, 3.05) is 26.8 Å². The zero-order valence-corrected chi connectivity index (χ0v) is 24.4. The number of carbonyl (C=O) groups excluding carboxylic acids is 5. The van der Waals surface area contributed by atoms with E-state index in [0.29, 0.717) is 17.7 Å². The second-order valence-electron chi connectivity index (χ2n) is 11.1. The normalized spacial score (nSPS) is 25.3. The number of amides is 2. The topological polar surface area (TPSA) is 173 Å². The molecule has 228 valence electrons. The molecule has 2 aromatic carbocycles. The highest BCUT2D eigenvalue weighted by molar-refractivity contribution is 6.07. The van der Waals surface area contributed by atoms with Crippen molar-refractivity contribution >= 4 is 40.3 Å². The number of fused-ring (bicyclic) bond motifs is 2. The smallest absolute Gasteiger partial charge is 0.339 e. The molecule has 2 amide bonds. The van der Waals surface area contributed by atoms with E-state index in [0.717, 1.165) is 17.9 Å². The van der Waals surface area contributed by atoms with E-state index in [-0.39, 0.29) is 35.9 Å². The molecule has 3 saturated heterocycles. The standard InChI is InChI=1S/C30H33N3O10/c1-14-7-6-8-18-19(14)9-17(40-5)10-20(18)29(39)43-26(30(4)13-41-30)28(38)32-22(27(37)31-11-15(2)34)23-25(42-16(3)35)24(36)21-12-33(21)23/h6-10,21,24-26,36H,11-13H2,1-5H3,(H,31,37)(H,32,38)/b23-22+/t21-,24+,25+,26?,30-,33?/m0/s1. The highest BCUT2D eigenvalue weighted by Gasteiger charge is 2.59. The number of aryl methyl sites for hydroxylation is 1. The molecule has 13 nitrogen and oxygen atoms in total. The van der Waals surface area contributed by atoms with E-state index in [1.54, 1.807) is 30.0 Å². The first-order chi connectivity index (χ1) is 20.3. The molecule has 0 aromatic heterocycles. The molecule has 13 heteroatoms. The Morgan fingerprint density at radius 1 is 1.16 bits per heavy atom. The number of methoxy groups -OCH3 is 1. The molecule has 5 rings (SSSR count). The Morgan fingerprint density at radius 3 is 2.51 bits per heavy atom. The number of rotatable bonds is 10. The lowest BCUT2D eigenvalue weighted by Gasteiger charge is -2.25. The number of nitrogens with zero attached hydrogens (tertiary/aromatic N) is 1. The van der Waals surface area contributed by atoms with Gasteiger partial charge in [-0.05, 0) is 49.2 Å². The van der Waals surface area contributed by atoms with Crippen LogP contribution in [0.2, 0.25) is 0 Å². The van der Waals surface area contributed by atoms with Crippen LogP contribution >= 0.6 is 0 Å². The summed E-state index contributed by atoms with van der Waals surface area (Å²) in [7, 11) is 1.47. The van der Waals surface area contributed by atoms with Crippen molar-refractivity contribution in [2.45, 2.75) is 57.6 Å². The minimum Gasteiger partial charge on any atom is -0.497 e. The number of nitrogens with one attached hydrogen (secondary N) is 2. The molecule has 3 aliphatic heterocycles. The first kappa shape index (κ1) is 30.0. The minimum atomic E-state index is -1.51. The highest BCUT2D eigenvalue weighted by Crippen LogP contribution is 2.42. The average Bonchev–Trinajstić information content (AvgIpc) is 3.88. The maximum atomic E-state index is 13.8. The fraction of sp³-hybridized carbons (Fsp3) is 0.433. The minimum absolute atomic E-state index is 0.0725. The van der Waals surface area contributed by atoms with Crippen molar-refractivity contribution in [1.29, 1.82) is 0 Å². The van der Waals surface area contributed by atoms with Crippen LogP contribution in [0.5, 0.6) is 5.75 Å². The molecule has 0 bridgehead atoms. The van der Waals surface area contributed by atoms with E-state index in [1.165, 1.54) is 20.1 Å². The SMILES string of the molecule is COc1cc(C(=O)OC(C(=O)N/C(C(=O)NCC(C)=O)=C2\[C@@H](OC(C)=O)[C@H](O)[C@@H]3CN23)[C@]2(C)CO2)c2cccc(C)c2c1. The van der Waals surface area contributed by atoms with Crippen LogP contribution in [-0.4, -0.2) is 96.3 Å². The van der Waals surface area contributed by atoms with Crippen LogP contribution in [0.25, 0.3) is 10.8 Å². The third-order valence-corrected chi connectivity index (χ3v) is 7.72. The third-order valence-electron chi connectivity index (χ3n) is 7.72. The third kappa shape index (κ3) is 5.90. The Morgan fingerprint density at radius 2 is 1.88 bits per heavy atom. The van der Waals surface area contributed by atoms with Gasteiger partial charge in [-0.1, -0.05) is 18.2 Å². The number of esters is 2. The summed E-state index contributed by atoms with van der Waals surface area (Å²) >= 11 is 0. The van der Waals surface area contributed by atoms with Gasteiger partial charge in [0.15, 0.2) is 6.10 Å². The van der Waals surface area contributed by atoms with Gasteiger partial charge < -0.3 is 39.6 Å². The van der Waals surface area contributed by atoms with Gasteiger partial charge in [-0.25, -0.2) is 4.79 Å². The summed E-state index contributed by atoms with van der Waals surface area (Å²) in [6.07, 6.45) is -3.89. The molecule has 0 saturated carbocycles. The van der Waals surface area contributed by atoms with E-state index >= 15 is 0 Å². The van der Waals surface area contributed by atoms with Crippen LogP contribution in [0.1, 0.15) is 36.7 Å². The number of piperidine rings is 1. The van der Waals surface area contributed by atoms with Crippen LogP contribution in [0.3, 0.4) is 0 Å². The first-order valence-electron chi connectivity index (χ1n) is 13.7. The number of carbonyl (C=O) groups is 5. The Balaban J connectivity index is 1.49. The molecule has 3 heterocycles. The van der Waals surface area contributed by atoms with Gasteiger partial charge in [0, 0.05) is 13.5 Å². The van der Waals surface area contributed by atoms with Crippen molar-refractivity contribution in [2.24, 2.45) is 0 Å². The highest BCUT2D eigenvalue weighted by atomic mass is 16.6. The predicted molar refractivity (Wildman–Crippen MR) is 150 cm³/mol. The van der Waals surface area contributed by atoms with Crippen LogP contribution in [0.15, 0.2) is 41.7 Å². The maximum Gasteiger partial charge on any atom is 0.339 e. The molecular formula is C30H33N3O10. The number of aliphatic hydroxyl groups excluding tert-OH is 1. The molecule has 1 unspecified atom stereocenters. The fourth-order valence-electron chi connectivity index (χ4n) is 5.25. The zero-order valence-electron chi connectivity index (χ0n) is 24.4. The number of benzene rings is 2. The number of Topliss-reactive ketones (excluding diaryl/α,β-unsaturated/α-hetero) is 1. The Kier molecular flexibility index (Phi) is 7.88. The molecule has 0 spiro atoms. The molecule has 0 radical (unpaired) electrons. The molecule has 0 aliphatic carbocycles. The summed E-state index contributed by atoms with van der Waals surface area (Å²) in [6.45, 7) is 6.03. The molecule has 43 heavy (non-hydrogen) atoms. The van der Waals surface area contributed by atoms with E-state index in [9.17, 15) is 29.1 Å². The lowest BCUT2D eigenvalue weighted by atomic mass is 9.99. The average molecular weight is 596 g/mol. The second-order valence-corrected chi connectivity index (χ2v) is 11.1. The lowest BCUT2D eigenvalue weighted by Crippen LogP contribution is -2.49. The Labute approximate surface area is 247 Å². The van der Waals surface area contributed by atoms with Crippen molar-refractivity contribution in [3.8, 4) is 5.75 Å². The molecule has 5 atom stereocenters. The van der Waals surface area contributed by atoms with Gasteiger partial charge in [-0.15, -0.1) is 0 Å². The van der Waals surface area contributed by atoms with Crippen molar-refractivity contribution in [3.63, 3.8) is 0 Å². The van der Waals surface area contributed by atoms with Gasteiger partial charge in [0.1, 0.15) is 28.9 Å². The van der Waals surface area contributed by atoms with E-state index in [1.807, 2.05) is 13.0 Å². The van der Waals surface area contributed by atoms with Crippen molar-refractivity contribution in [3.05, 3.63) is 52.9 Å². The van der Waals surface area contributed by atoms with Crippen LogP contribution in [0.4, 0.5) is 0 Å². The van der Waals surface area contributed by atoms with Gasteiger partial charge in [0.25, 0.3) is 11.8 Å². The number of hydrogen-bond donors (Lipinski definition) is 3. The summed E-state index contributed by atoms with van der Waals surface area (Å²) in [5.74, 6) is -3.19. The van der Waals surface area contributed by atoms with Gasteiger partial charge in [0.2, 0.25) is 6.10 Å². The Bertz CT molecular complexity index is 1560. The van der Waals surface area contributed by atoms with E-state index in [2.05, 4.69) is 10.6 Å². The molecule has 3 aliphatic rings. The monoisotopic (exact) mass is 595 g/mol. The summed E-state index contributed by atoms with van der Waals surface area (Å²) in [5.41, 5.74) is -0.395. The molecule has 2 aromatic rings.